The first-order chi connectivity index (χ1) is 8.01. The van der Waals surface area contributed by atoms with Gasteiger partial charge in [0.15, 0.2) is 0 Å². The Morgan fingerprint density at radius 3 is 2.47 bits per heavy atom. The summed E-state index contributed by atoms with van der Waals surface area (Å²) in [5, 5.41) is 8.73. The van der Waals surface area contributed by atoms with E-state index < -0.39 is 11.5 Å². The first-order valence-corrected chi connectivity index (χ1v) is 6.04. The Balaban J connectivity index is 1.87. The average molecular weight is 241 g/mol. The zero-order chi connectivity index (χ0) is 12.5. The third kappa shape index (κ3) is 2.95. The smallest absolute Gasteiger partial charge is 0.317 e. The Kier molecular flexibility index (Phi) is 3.35. The van der Waals surface area contributed by atoms with Gasteiger partial charge < -0.3 is 15.7 Å². The van der Waals surface area contributed by atoms with Crippen LogP contribution >= 0.6 is 0 Å². The van der Waals surface area contributed by atoms with Crippen molar-refractivity contribution in [2.75, 3.05) is 32.7 Å². The normalized spacial score (nSPS) is 24.2. The van der Waals surface area contributed by atoms with Gasteiger partial charge in [-0.2, -0.15) is 0 Å². The topological polar surface area (TPSA) is 86.9 Å². The molecule has 0 spiro atoms. The molecule has 1 saturated heterocycles. The molecule has 2 aliphatic rings. The Hall–Kier alpha value is -1.14. The molecule has 1 amide bonds. The van der Waals surface area contributed by atoms with E-state index >= 15 is 0 Å². The fraction of sp³-hybridized carbons (Fsp3) is 0.818. The van der Waals surface area contributed by atoms with E-state index in [-0.39, 0.29) is 12.5 Å². The molecule has 1 heterocycles. The molecule has 17 heavy (non-hydrogen) atoms. The van der Waals surface area contributed by atoms with Crippen LogP contribution in [0.25, 0.3) is 0 Å². The number of aliphatic carboxylic acids is 1. The number of carbonyl (C=O) groups excluding carboxylic acids is 1. The third-order valence-corrected chi connectivity index (χ3v) is 3.45. The van der Waals surface area contributed by atoms with Crippen molar-refractivity contribution in [3.63, 3.8) is 0 Å². The van der Waals surface area contributed by atoms with Crippen molar-refractivity contribution in [1.29, 1.82) is 0 Å². The maximum absolute atomic E-state index is 12.0. The molecule has 1 saturated carbocycles. The van der Waals surface area contributed by atoms with Crippen LogP contribution in [0.15, 0.2) is 0 Å². The van der Waals surface area contributed by atoms with Crippen LogP contribution in [0.5, 0.6) is 0 Å². The number of amides is 1. The van der Waals surface area contributed by atoms with Crippen LogP contribution in [0.4, 0.5) is 0 Å². The van der Waals surface area contributed by atoms with Gasteiger partial charge in [-0.25, -0.2) is 0 Å². The van der Waals surface area contributed by atoms with Crippen LogP contribution in [0, 0.1) is 0 Å². The second-order valence-electron chi connectivity index (χ2n) is 4.97. The van der Waals surface area contributed by atoms with Gasteiger partial charge in [0.1, 0.15) is 0 Å². The molecule has 1 aliphatic heterocycles. The Labute approximate surface area is 100 Å². The van der Waals surface area contributed by atoms with Crippen LogP contribution < -0.4 is 5.73 Å². The van der Waals surface area contributed by atoms with Crippen molar-refractivity contribution in [3.05, 3.63) is 0 Å². The van der Waals surface area contributed by atoms with E-state index in [4.69, 9.17) is 10.8 Å². The number of carboxylic acids is 1. The molecular weight excluding hydrogens is 222 g/mol. The summed E-state index contributed by atoms with van der Waals surface area (Å²) in [6, 6.07) is 0. The predicted molar refractivity (Wildman–Crippen MR) is 61.4 cm³/mol. The molecule has 3 N–H and O–H groups in total. The second kappa shape index (κ2) is 4.62. The maximum atomic E-state index is 12.0. The lowest BCUT2D eigenvalue weighted by atomic mass is 10.2. The van der Waals surface area contributed by atoms with Gasteiger partial charge in [0, 0.05) is 26.2 Å². The van der Waals surface area contributed by atoms with Crippen molar-refractivity contribution in [2.45, 2.75) is 24.8 Å². The summed E-state index contributed by atoms with van der Waals surface area (Å²) in [7, 11) is 0. The summed E-state index contributed by atoms with van der Waals surface area (Å²) in [5.41, 5.74) is 5.28. The first-order valence-electron chi connectivity index (χ1n) is 6.04. The monoisotopic (exact) mass is 241 g/mol. The minimum absolute atomic E-state index is 0.0367. The first kappa shape index (κ1) is 12.3. The SMILES string of the molecule is NC1(C(=O)N2CCCN(CC(=O)O)CC2)CC1. The van der Waals surface area contributed by atoms with E-state index in [0.717, 1.165) is 25.8 Å². The molecule has 0 atom stereocenters. The molecule has 0 bridgehead atoms. The number of hydrogen-bond acceptors (Lipinski definition) is 4. The van der Waals surface area contributed by atoms with E-state index in [1.165, 1.54) is 0 Å². The highest BCUT2D eigenvalue weighted by atomic mass is 16.4. The molecule has 6 heteroatoms. The lowest BCUT2D eigenvalue weighted by Gasteiger charge is -2.24. The zero-order valence-corrected chi connectivity index (χ0v) is 9.89. The standard InChI is InChI=1S/C11H19N3O3/c12-11(2-3-11)10(17)14-5-1-4-13(6-7-14)8-9(15)16/h1-8,12H2,(H,15,16). The lowest BCUT2D eigenvalue weighted by Crippen LogP contribution is -2.47. The number of carboxylic acid groups (broad SMARTS) is 1. The lowest BCUT2D eigenvalue weighted by molar-refractivity contribution is -0.138. The molecule has 96 valence electrons. The second-order valence-corrected chi connectivity index (χ2v) is 4.97. The van der Waals surface area contributed by atoms with E-state index in [1.54, 1.807) is 4.90 Å². The van der Waals surface area contributed by atoms with Crippen LogP contribution in [0.3, 0.4) is 0 Å². The largest absolute Gasteiger partial charge is 0.480 e. The van der Waals surface area contributed by atoms with Gasteiger partial charge in [-0.3, -0.25) is 14.5 Å². The van der Waals surface area contributed by atoms with Crippen molar-refractivity contribution >= 4 is 11.9 Å². The predicted octanol–water partition coefficient (Wildman–Crippen LogP) is -0.903. The fourth-order valence-electron chi connectivity index (χ4n) is 2.19. The summed E-state index contributed by atoms with van der Waals surface area (Å²) in [5.74, 6) is -0.781. The Morgan fingerprint density at radius 2 is 1.88 bits per heavy atom. The van der Waals surface area contributed by atoms with Crippen LogP contribution in [0.1, 0.15) is 19.3 Å². The van der Waals surface area contributed by atoms with Crippen molar-refractivity contribution in [1.82, 2.24) is 9.80 Å². The molecule has 0 aromatic rings. The van der Waals surface area contributed by atoms with Crippen molar-refractivity contribution in [2.24, 2.45) is 5.73 Å². The highest BCUT2D eigenvalue weighted by Crippen LogP contribution is 2.34. The summed E-state index contributed by atoms with van der Waals surface area (Å²) in [6.07, 6.45) is 2.37. The van der Waals surface area contributed by atoms with E-state index in [1.807, 2.05) is 4.90 Å². The minimum atomic E-state index is -0.817. The van der Waals surface area contributed by atoms with Crippen LogP contribution in [-0.4, -0.2) is 65.0 Å². The van der Waals surface area contributed by atoms with Gasteiger partial charge in [-0.05, 0) is 19.3 Å². The molecule has 0 radical (unpaired) electrons. The molecule has 0 aromatic heterocycles. The molecule has 2 rings (SSSR count). The van der Waals surface area contributed by atoms with Crippen LogP contribution in [-0.2, 0) is 9.59 Å². The van der Waals surface area contributed by atoms with Gasteiger partial charge in [0.05, 0.1) is 12.1 Å². The highest BCUT2D eigenvalue weighted by Gasteiger charge is 2.48. The number of hydrogen-bond donors (Lipinski definition) is 2. The quantitative estimate of drug-likeness (QED) is 0.668. The molecular formula is C11H19N3O3. The maximum Gasteiger partial charge on any atom is 0.317 e. The third-order valence-electron chi connectivity index (χ3n) is 3.45. The molecule has 1 aliphatic carbocycles. The Bertz CT molecular complexity index is 328. The van der Waals surface area contributed by atoms with E-state index in [9.17, 15) is 9.59 Å². The molecule has 2 fully saturated rings. The Morgan fingerprint density at radius 1 is 1.18 bits per heavy atom. The summed E-state index contributed by atoms with van der Waals surface area (Å²) >= 11 is 0. The van der Waals surface area contributed by atoms with Crippen molar-refractivity contribution in [3.8, 4) is 0 Å². The number of rotatable bonds is 3. The summed E-state index contributed by atoms with van der Waals surface area (Å²) < 4.78 is 0. The summed E-state index contributed by atoms with van der Waals surface area (Å²) in [4.78, 5) is 26.3. The number of carbonyl (C=O) groups is 2. The van der Waals surface area contributed by atoms with Gasteiger partial charge >= 0.3 is 5.97 Å². The van der Waals surface area contributed by atoms with Crippen LogP contribution in [0.2, 0.25) is 0 Å². The van der Waals surface area contributed by atoms with Gasteiger partial charge in [-0.1, -0.05) is 0 Å². The van der Waals surface area contributed by atoms with Gasteiger partial charge in [0.2, 0.25) is 5.91 Å². The minimum Gasteiger partial charge on any atom is -0.480 e. The highest BCUT2D eigenvalue weighted by molar-refractivity contribution is 5.89. The van der Waals surface area contributed by atoms with Gasteiger partial charge in [0.25, 0.3) is 0 Å². The van der Waals surface area contributed by atoms with E-state index in [2.05, 4.69) is 0 Å². The summed E-state index contributed by atoms with van der Waals surface area (Å²) in [6.45, 7) is 2.68. The van der Waals surface area contributed by atoms with Gasteiger partial charge in [-0.15, -0.1) is 0 Å². The fourth-order valence-corrected chi connectivity index (χ4v) is 2.19. The molecule has 0 aromatic carbocycles. The molecule has 6 nitrogen and oxygen atoms in total. The number of nitrogens with zero attached hydrogens (tertiary/aromatic N) is 2. The van der Waals surface area contributed by atoms with Crippen molar-refractivity contribution < 1.29 is 14.7 Å². The molecule has 0 unspecified atom stereocenters. The average Bonchev–Trinajstić information content (AvgIpc) is 3.02. The zero-order valence-electron chi connectivity index (χ0n) is 9.89. The number of nitrogens with two attached hydrogens (primary N) is 1. The van der Waals surface area contributed by atoms with E-state index in [0.29, 0.717) is 19.6 Å².